The molecule has 2 nitrogen and oxygen atoms in total. The monoisotopic (exact) mass is 228 g/mol. The van der Waals surface area contributed by atoms with Gasteiger partial charge in [-0.3, -0.25) is 0 Å². The van der Waals surface area contributed by atoms with E-state index in [4.69, 9.17) is 4.74 Å². The highest BCUT2D eigenvalue weighted by Crippen LogP contribution is 2.36. The van der Waals surface area contributed by atoms with Gasteiger partial charge in [0.25, 0.3) is 0 Å². The summed E-state index contributed by atoms with van der Waals surface area (Å²) in [5.74, 6) is -0.754. The van der Waals surface area contributed by atoms with Crippen LogP contribution in [0.2, 0.25) is 0 Å². The summed E-state index contributed by atoms with van der Waals surface area (Å²) < 4.78 is 18.9. The van der Waals surface area contributed by atoms with Gasteiger partial charge in [0.2, 0.25) is 0 Å². The number of rotatable bonds is 1. The van der Waals surface area contributed by atoms with E-state index in [1.165, 1.54) is 6.07 Å². The van der Waals surface area contributed by atoms with E-state index in [-0.39, 0.29) is 5.82 Å². The molecule has 0 saturated carbocycles. The summed E-state index contributed by atoms with van der Waals surface area (Å²) in [5.41, 5.74) is 1.63. The van der Waals surface area contributed by atoms with Crippen LogP contribution in [0.5, 0.6) is 0 Å². The predicted octanol–water partition coefficient (Wildman–Crippen LogP) is 3.09. The summed E-state index contributed by atoms with van der Waals surface area (Å²) in [6.07, 6.45) is -0.625. The van der Waals surface area contributed by atoms with Crippen LogP contribution in [0.25, 0.3) is 0 Å². The minimum absolute atomic E-state index is 0.359. The first-order valence-electron chi connectivity index (χ1n) is 5.31. The number of carbonyl (C=O) groups is 1. The van der Waals surface area contributed by atoms with Crippen molar-refractivity contribution >= 4 is 5.97 Å². The average molecular weight is 228 g/mol. The first kappa shape index (κ1) is 10.0. The summed E-state index contributed by atoms with van der Waals surface area (Å²) in [6, 6.07) is 13.4. The van der Waals surface area contributed by atoms with Crippen LogP contribution in [0.1, 0.15) is 27.6 Å². The first-order chi connectivity index (χ1) is 8.27. The van der Waals surface area contributed by atoms with Gasteiger partial charge < -0.3 is 4.74 Å². The number of ether oxygens (including phenoxy) is 1. The standard InChI is InChI=1S/C14H9FO2/c15-12-8-4-3-7-11(12)13-9-5-1-2-6-10(9)14(16)17-13/h1-8,13H. The second-order valence-electron chi connectivity index (χ2n) is 3.89. The van der Waals surface area contributed by atoms with Crippen LogP contribution in [-0.2, 0) is 4.74 Å². The van der Waals surface area contributed by atoms with Gasteiger partial charge in [-0.25, -0.2) is 9.18 Å². The molecule has 0 fully saturated rings. The highest BCUT2D eigenvalue weighted by Gasteiger charge is 2.32. The Hall–Kier alpha value is -2.16. The van der Waals surface area contributed by atoms with E-state index < -0.39 is 12.1 Å². The van der Waals surface area contributed by atoms with Crippen molar-refractivity contribution in [2.75, 3.05) is 0 Å². The van der Waals surface area contributed by atoms with E-state index in [1.807, 2.05) is 6.07 Å². The molecule has 0 amide bonds. The molecule has 17 heavy (non-hydrogen) atoms. The topological polar surface area (TPSA) is 26.3 Å². The largest absolute Gasteiger partial charge is 0.449 e. The lowest BCUT2D eigenvalue weighted by atomic mass is 9.99. The second-order valence-corrected chi connectivity index (χ2v) is 3.89. The quantitative estimate of drug-likeness (QED) is 0.701. The molecule has 1 atom stereocenters. The van der Waals surface area contributed by atoms with Gasteiger partial charge in [-0.05, 0) is 12.1 Å². The van der Waals surface area contributed by atoms with Crippen molar-refractivity contribution in [1.82, 2.24) is 0 Å². The molecule has 0 radical (unpaired) electrons. The molecule has 0 bridgehead atoms. The minimum atomic E-state index is -0.625. The van der Waals surface area contributed by atoms with Crippen LogP contribution in [-0.4, -0.2) is 5.97 Å². The fraction of sp³-hybridized carbons (Fsp3) is 0.0714. The minimum Gasteiger partial charge on any atom is -0.449 e. The number of cyclic esters (lactones) is 1. The zero-order valence-electron chi connectivity index (χ0n) is 8.89. The lowest BCUT2D eigenvalue weighted by Gasteiger charge is -2.11. The van der Waals surface area contributed by atoms with Crippen molar-refractivity contribution < 1.29 is 13.9 Å². The number of halogens is 1. The summed E-state index contributed by atoms with van der Waals surface area (Å²) in [4.78, 5) is 11.6. The molecule has 0 saturated heterocycles. The summed E-state index contributed by atoms with van der Waals surface area (Å²) >= 11 is 0. The molecule has 0 N–H and O–H groups in total. The SMILES string of the molecule is O=C1OC(c2ccccc2F)c2ccccc21. The number of fused-ring (bicyclic) bond motifs is 1. The Labute approximate surface area is 97.7 Å². The molecule has 84 valence electrons. The van der Waals surface area contributed by atoms with E-state index >= 15 is 0 Å². The van der Waals surface area contributed by atoms with Gasteiger partial charge in [-0.15, -0.1) is 0 Å². The molecule has 0 aromatic heterocycles. The van der Waals surface area contributed by atoms with Gasteiger partial charge in [0, 0.05) is 11.1 Å². The Morgan fingerprint density at radius 2 is 1.59 bits per heavy atom. The molecule has 3 heteroatoms. The molecule has 0 spiro atoms. The smallest absolute Gasteiger partial charge is 0.339 e. The van der Waals surface area contributed by atoms with Gasteiger partial charge >= 0.3 is 5.97 Å². The Morgan fingerprint density at radius 1 is 0.941 bits per heavy atom. The second kappa shape index (κ2) is 3.70. The van der Waals surface area contributed by atoms with Crippen molar-refractivity contribution in [2.24, 2.45) is 0 Å². The van der Waals surface area contributed by atoms with E-state index in [1.54, 1.807) is 36.4 Å². The fourth-order valence-electron chi connectivity index (χ4n) is 2.06. The van der Waals surface area contributed by atoms with E-state index in [2.05, 4.69) is 0 Å². The van der Waals surface area contributed by atoms with Gasteiger partial charge in [0.1, 0.15) is 5.82 Å². The molecule has 0 aliphatic carbocycles. The van der Waals surface area contributed by atoms with Crippen molar-refractivity contribution in [3.8, 4) is 0 Å². The zero-order chi connectivity index (χ0) is 11.8. The summed E-state index contributed by atoms with van der Waals surface area (Å²) in [7, 11) is 0. The lowest BCUT2D eigenvalue weighted by Crippen LogP contribution is -2.03. The van der Waals surface area contributed by atoms with Crippen LogP contribution in [0.4, 0.5) is 4.39 Å². The third kappa shape index (κ3) is 1.51. The number of hydrogen-bond acceptors (Lipinski definition) is 2. The average Bonchev–Trinajstić information content (AvgIpc) is 2.68. The number of esters is 1. The molecule has 2 aromatic rings. The maximum Gasteiger partial charge on any atom is 0.339 e. The molecule has 1 aliphatic rings. The maximum atomic E-state index is 13.7. The molecule has 1 aliphatic heterocycles. The Kier molecular flexibility index (Phi) is 2.18. The van der Waals surface area contributed by atoms with Crippen LogP contribution in [0.15, 0.2) is 48.5 Å². The summed E-state index contributed by atoms with van der Waals surface area (Å²) in [5, 5.41) is 0. The lowest BCUT2D eigenvalue weighted by molar-refractivity contribution is 0.0451. The molecular formula is C14H9FO2. The molecule has 2 aromatic carbocycles. The van der Waals surface area contributed by atoms with Crippen LogP contribution >= 0.6 is 0 Å². The molecular weight excluding hydrogens is 219 g/mol. The maximum absolute atomic E-state index is 13.7. The van der Waals surface area contributed by atoms with Gasteiger partial charge in [-0.1, -0.05) is 36.4 Å². The zero-order valence-corrected chi connectivity index (χ0v) is 8.89. The normalized spacial score (nSPS) is 17.7. The van der Waals surface area contributed by atoms with Crippen LogP contribution < -0.4 is 0 Å². The summed E-state index contributed by atoms with van der Waals surface area (Å²) in [6.45, 7) is 0. The van der Waals surface area contributed by atoms with Crippen LogP contribution in [0, 0.1) is 5.82 Å². The van der Waals surface area contributed by atoms with Gasteiger partial charge in [0.05, 0.1) is 5.56 Å². The van der Waals surface area contributed by atoms with Gasteiger partial charge in [0.15, 0.2) is 6.10 Å². The van der Waals surface area contributed by atoms with Crippen molar-refractivity contribution in [3.63, 3.8) is 0 Å². The van der Waals surface area contributed by atoms with E-state index in [9.17, 15) is 9.18 Å². The molecule has 3 rings (SSSR count). The first-order valence-corrected chi connectivity index (χ1v) is 5.31. The van der Waals surface area contributed by atoms with Gasteiger partial charge in [-0.2, -0.15) is 0 Å². The Balaban J connectivity index is 2.14. The Morgan fingerprint density at radius 3 is 2.35 bits per heavy atom. The van der Waals surface area contributed by atoms with Crippen molar-refractivity contribution in [2.45, 2.75) is 6.10 Å². The Bertz CT molecular complexity index is 592. The van der Waals surface area contributed by atoms with E-state index in [0.717, 1.165) is 5.56 Å². The molecule has 1 heterocycles. The number of hydrogen-bond donors (Lipinski definition) is 0. The predicted molar refractivity (Wildman–Crippen MR) is 60.1 cm³/mol. The highest BCUT2D eigenvalue weighted by molar-refractivity contribution is 5.94. The fourth-order valence-corrected chi connectivity index (χ4v) is 2.06. The van der Waals surface area contributed by atoms with E-state index in [0.29, 0.717) is 11.1 Å². The number of benzene rings is 2. The highest BCUT2D eigenvalue weighted by atomic mass is 19.1. The van der Waals surface area contributed by atoms with Crippen LogP contribution in [0.3, 0.4) is 0 Å². The third-order valence-electron chi connectivity index (χ3n) is 2.88. The third-order valence-corrected chi connectivity index (χ3v) is 2.88. The van der Waals surface area contributed by atoms with Crippen molar-refractivity contribution in [1.29, 1.82) is 0 Å². The molecule has 1 unspecified atom stereocenters. The van der Waals surface area contributed by atoms with Crippen molar-refractivity contribution in [3.05, 3.63) is 71.0 Å². The number of carbonyl (C=O) groups excluding carboxylic acids is 1.